The summed E-state index contributed by atoms with van der Waals surface area (Å²) in [6.07, 6.45) is 9.70. The molecule has 212 valence electrons. The third kappa shape index (κ3) is 6.90. The Labute approximate surface area is 230 Å². The number of rotatable bonds is 11. The molecule has 0 spiro atoms. The summed E-state index contributed by atoms with van der Waals surface area (Å²) in [5.41, 5.74) is 2.25. The lowest BCUT2D eigenvalue weighted by Gasteiger charge is -2.29. The molecule has 1 saturated heterocycles. The van der Waals surface area contributed by atoms with E-state index in [0.29, 0.717) is 35.3 Å². The molecule has 1 saturated carbocycles. The molecule has 0 aromatic heterocycles. The van der Waals surface area contributed by atoms with Crippen LogP contribution in [0.4, 0.5) is 8.78 Å². The van der Waals surface area contributed by atoms with E-state index >= 15 is 0 Å². The Morgan fingerprint density at radius 2 is 1.77 bits per heavy atom. The maximum Gasteiger partial charge on any atom is 0.252 e. The predicted molar refractivity (Wildman–Crippen MR) is 149 cm³/mol. The van der Waals surface area contributed by atoms with Crippen LogP contribution < -0.4 is 19.5 Å². The Morgan fingerprint density at radius 3 is 2.44 bits per heavy atom. The van der Waals surface area contributed by atoms with Gasteiger partial charge in [-0.2, -0.15) is 0 Å². The number of methoxy groups -OCH3 is 3. The standard InChI is InChI=1S/C31H40F2N2O4/c1-20(14-22-11-12-23(32)15-27(22)33)18-34-31(36)26-17-28(37-2)30(39-4)29(38-3)25(26)16-24-10-7-13-35(24)19-21-8-5-6-9-21/h11-12,14-15,17,21,24H,5-10,13,16,18-19H2,1-4H3,(H,34,36)/t24-/m0/s1. The highest BCUT2D eigenvalue weighted by molar-refractivity contribution is 5.97. The van der Waals surface area contributed by atoms with E-state index in [1.165, 1.54) is 44.9 Å². The molecule has 1 atom stereocenters. The fourth-order valence-corrected chi connectivity index (χ4v) is 6.00. The van der Waals surface area contributed by atoms with Crippen molar-refractivity contribution in [1.82, 2.24) is 10.2 Å². The fourth-order valence-electron chi connectivity index (χ4n) is 6.00. The Hall–Kier alpha value is -3.13. The summed E-state index contributed by atoms with van der Waals surface area (Å²) in [6.45, 7) is 4.16. The molecule has 1 aliphatic carbocycles. The van der Waals surface area contributed by atoms with E-state index in [-0.39, 0.29) is 18.0 Å². The van der Waals surface area contributed by atoms with Crippen LogP contribution in [-0.2, 0) is 6.42 Å². The third-order valence-corrected chi connectivity index (χ3v) is 7.98. The second-order valence-electron chi connectivity index (χ2n) is 10.7. The molecule has 1 N–H and O–H groups in total. The van der Waals surface area contributed by atoms with Crippen molar-refractivity contribution in [3.63, 3.8) is 0 Å². The van der Waals surface area contributed by atoms with Crippen molar-refractivity contribution in [2.24, 2.45) is 5.92 Å². The van der Waals surface area contributed by atoms with E-state index in [2.05, 4.69) is 10.2 Å². The molecule has 6 nitrogen and oxygen atoms in total. The van der Waals surface area contributed by atoms with Crippen molar-refractivity contribution < 1.29 is 27.8 Å². The topological polar surface area (TPSA) is 60.0 Å². The number of carbonyl (C=O) groups excluding carboxylic acids is 1. The third-order valence-electron chi connectivity index (χ3n) is 7.98. The molecule has 1 aliphatic heterocycles. The average molecular weight is 543 g/mol. The Balaban J connectivity index is 1.59. The molecule has 39 heavy (non-hydrogen) atoms. The van der Waals surface area contributed by atoms with Crippen LogP contribution in [0.1, 0.15) is 66.9 Å². The van der Waals surface area contributed by atoms with E-state index in [0.717, 1.165) is 49.1 Å². The zero-order chi connectivity index (χ0) is 27.9. The molecule has 2 aromatic carbocycles. The molecule has 0 bridgehead atoms. The average Bonchev–Trinajstić information content (AvgIpc) is 3.60. The number of hydrogen-bond acceptors (Lipinski definition) is 5. The van der Waals surface area contributed by atoms with Crippen LogP contribution in [0, 0.1) is 17.6 Å². The van der Waals surface area contributed by atoms with Gasteiger partial charge in [0.25, 0.3) is 5.91 Å². The molecule has 1 amide bonds. The van der Waals surface area contributed by atoms with Gasteiger partial charge in [0.05, 0.1) is 26.9 Å². The van der Waals surface area contributed by atoms with Crippen LogP contribution in [0.25, 0.3) is 6.08 Å². The van der Waals surface area contributed by atoms with Gasteiger partial charge in [0.15, 0.2) is 11.5 Å². The first kappa shape index (κ1) is 28.9. The molecule has 0 unspecified atom stereocenters. The quantitative estimate of drug-likeness (QED) is 0.376. The Bertz CT molecular complexity index is 1190. The molecule has 4 rings (SSSR count). The van der Waals surface area contributed by atoms with Crippen LogP contribution >= 0.6 is 0 Å². The number of carbonyl (C=O) groups is 1. The lowest BCUT2D eigenvalue weighted by atomic mass is 9.95. The van der Waals surface area contributed by atoms with Gasteiger partial charge in [0.2, 0.25) is 5.75 Å². The van der Waals surface area contributed by atoms with E-state index in [9.17, 15) is 13.6 Å². The van der Waals surface area contributed by atoms with E-state index in [4.69, 9.17) is 14.2 Å². The van der Waals surface area contributed by atoms with Gasteiger partial charge >= 0.3 is 0 Å². The number of benzene rings is 2. The minimum atomic E-state index is -0.647. The fraction of sp³-hybridized carbons (Fsp3) is 0.516. The first-order valence-electron chi connectivity index (χ1n) is 13.8. The van der Waals surface area contributed by atoms with Crippen molar-refractivity contribution >= 4 is 12.0 Å². The zero-order valence-corrected chi connectivity index (χ0v) is 23.4. The van der Waals surface area contributed by atoms with Gasteiger partial charge < -0.3 is 19.5 Å². The molecule has 2 fully saturated rings. The predicted octanol–water partition coefficient (Wildman–Crippen LogP) is 6.02. The minimum absolute atomic E-state index is 0.197. The number of halogens is 2. The Kier molecular flexibility index (Phi) is 9.83. The van der Waals surface area contributed by atoms with Crippen molar-refractivity contribution in [2.75, 3.05) is 41.0 Å². The number of likely N-dealkylation sites (tertiary alicyclic amines) is 1. The van der Waals surface area contributed by atoms with Crippen LogP contribution in [-0.4, -0.2) is 57.8 Å². The summed E-state index contributed by atoms with van der Waals surface area (Å²) >= 11 is 0. The van der Waals surface area contributed by atoms with Gasteiger partial charge in [-0.25, -0.2) is 8.78 Å². The normalized spacial score (nSPS) is 18.4. The van der Waals surface area contributed by atoms with Crippen molar-refractivity contribution in [3.05, 3.63) is 58.2 Å². The summed E-state index contributed by atoms with van der Waals surface area (Å²) in [6, 6.07) is 5.46. The van der Waals surface area contributed by atoms with E-state index in [1.807, 2.05) is 0 Å². The molecular weight excluding hydrogens is 502 g/mol. The molecule has 1 heterocycles. The van der Waals surface area contributed by atoms with Gasteiger partial charge in [-0.05, 0) is 69.7 Å². The van der Waals surface area contributed by atoms with Crippen molar-refractivity contribution in [1.29, 1.82) is 0 Å². The summed E-state index contributed by atoms with van der Waals surface area (Å²) in [5.74, 6) is 0.586. The van der Waals surface area contributed by atoms with E-state index in [1.54, 1.807) is 33.3 Å². The van der Waals surface area contributed by atoms with Gasteiger partial charge in [-0.1, -0.05) is 24.5 Å². The summed E-state index contributed by atoms with van der Waals surface area (Å²) in [5, 5.41) is 2.96. The molecule has 2 aromatic rings. The largest absolute Gasteiger partial charge is 0.493 e. The monoisotopic (exact) mass is 542 g/mol. The zero-order valence-electron chi connectivity index (χ0n) is 23.4. The number of hydrogen-bond donors (Lipinski definition) is 1. The second-order valence-corrected chi connectivity index (χ2v) is 10.7. The SMILES string of the molecule is COc1cc(C(=O)NCC(C)=Cc2ccc(F)cc2F)c(C[C@@H]2CCCN2CC2CCCC2)c(OC)c1OC. The highest BCUT2D eigenvalue weighted by atomic mass is 19.1. The number of amides is 1. The van der Waals surface area contributed by atoms with Crippen LogP contribution in [0.5, 0.6) is 17.2 Å². The lowest BCUT2D eigenvalue weighted by Crippen LogP contribution is -2.35. The highest BCUT2D eigenvalue weighted by Gasteiger charge is 2.32. The van der Waals surface area contributed by atoms with Crippen molar-refractivity contribution in [3.8, 4) is 17.2 Å². The summed E-state index contributed by atoms with van der Waals surface area (Å²) in [7, 11) is 4.68. The second kappa shape index (κ2) is 13.3. The highest BCUT2D eigenvalue weighted by Crippen LogP contribution is 2.43. The molecule has 2 aliphatic rings. The maximum atomic E-state index is 14.1. The van der Waals surface area contributed by atoms with Gasteiger partial charge in [0, 0.05) is 36.3 Å². The van der Waals surface area contributed by atoms with Gasteiger partial charge in [-0.3, -0.25) is 9.69 Å². The maximum absolute atomic E-state index is 14.1. The van der Waals surface area contributed by atoms with Crippen molar-refractivity contribution in [2.45, 2.75) is 57.9 Å². The van der Waals surface area contributed by atoms with E-state index < -0.39 is 11.6 Å². The number of ether oxygens (including phenoxy) is 3. The van der Waals surface area contributed by atoms with Crippen LogP contribution in [0.3, 0.4) is 0 Å². The number of nitrogens with zero attached hydrogens (tertiary/aromatic N) is 1. The summed E-state index contributed by atoms with van der Waals surface area (Å²) < 4.78 is 44.4. The molecule has 8 heteroatoms. The first-order valence-corrected chi connectivity index (χ1v) is 13.8. The molecule has 0 radical (unpaired) electrons. The first-order chi connectivity index (χ1) is 18.8. The van der Waals surface area contributed by atoms with Gasteiger partial charge in [-0.15, -0.1) is 0 Å². The van der Waals surface area contributed by atoms with Crippen LogP contribution in [0.2, 0.25) is 0 Å². The van der Waals surface area contributed by atoms with Crippen LogP contribution in [0.15, 0.2) is 29.8 Å². The minimum Gasteiger partial charge on any atom is -0.493 e. The lowest BCUT2D eigenvalue weighted by molar-refractivity contribution is 0.0954. The molecular formula is C31H40F2N2O4. The Morgan fingerprint density at radius 1 is 1.03 bits per heavy atom. The van der Waals surface area contributed by atoms with Gasteiger partial charge in [0.1, 0.15) is 11.6 Å². The smallest absolute Gasteiger partial charge is 0.252 e. The summed E-state index contributed by atoms with van der Waals surface area (Å²) in [4.78, 5) is 16.2. The number of nitrogens with one attached hydrogen (secondary N) is 1.